The van der Waals surface area contributed by atoms with Crippen LogP contribution in [0.2, 0.25) is 0 Å². The van der Waals surface area contributed by atoms with Crippen molar-refractivity contribution in [1.29, 1.82) is 0 Å². The van der Waals surface area contributed by atoms with Gasteiger partial charge in [0.15, 0.2) is 11.5 Å². The minimum absolute atomic E-state index is 0.0477. The molecule has 0 aromatic heterocycles. The molecule has 0 radical (unpaired) electrons. The molecular weight excluding hydrogens is 579 g/mol. The molecule has 3 aromatic carbocycles. The van der Waals surface area contributed by atoms with E-state index >= 15 is 0 Å². The lowest BCUT2D eigenvalue weighted by atomic mass is 9.65. The van der Waals surface area contributed by atoms with Gasteiger partial charge in [0.2, 0.25) is 0 Å². The van der Waals surface area contributed by atoms with Crippen molar-refractivity contribution >= 4 is 17.7 Å². The van der Waals surface area contributed by atoms with Crippen LogP contribution in [0.15, 0.2) is 72.8 Å². The Morgan fingerprint density at radius 2 is 1.61 bits per heavy atom. The maximum atomic E-state index is 12.9. The number of nitrogens with zero attached hydrogens (tertiary/aromatic N) is 1. The molecule has 1 saturated carbocycles. The van der Waals surface area contributed by atoms with Crippen LogP contribution in [0.25, 0.3) is 0 Å². The summed E-state index contributed by atoms with van der Waals surface area (Å²) in [4.78, 5) is 24.3. The number of hydrogen-bond acceptors (Lipinski definition) is 6. The molecule has 2 fully saturated rings. The van der Waals surface area contributed by atoms with Crippen molar-refractivity contribution < 1.29 is 42.1 Å². The molecule has 2 aliphatic rings. The first-order chi connectivity index (χ1) is 20.9. The van der Waals surface area contributed by atoms with Gasteiger partial charge in [0.05, 0.1) is 14.2 Å². The number of carboxylic acids is 1. The minimum atomic E-state index is -5.08. The highest BCUT2D eigenvalue weighted by atomic mass is 19.4. The number of hydrogen-bond donors (Lipinski definition) is 3. The molecule has 44 heavy (non-hydrogen) atoms. The summed E-state index contributed by atoms with van der Waals surface area (Å²) in [6.07, 6.45) is -1.17. The first-order valence-electron chi connectivity index (χ1n) is 14.1. The van der Waals surface area contributed by atoms with E-state index in [1.54, 1.807) is 14.2 Å². The van der Waals surface area contributed by atoms with Crippen molar-refractivity contribution in [2.45, 2.75) is 49.4 Å². The summed E-state index contributed by atoms with van der Waals surface area (Å²) in [5.41, 5.74) is 2.03. The van der Waals surface area contributed by atoms with E-state index in [-0.39, 0.29) is 17.5 Å². The fraction of sp³-hybridized carbons (Fsp3) is 0.375. The molecule has 0 spiro atoms. The van der Waals surface area contributed by atoms with Crippen LogP contribution in [-0.4, -0.2) is 68.1 Å². The van der Waals surface area contributed by atoms with Gasteiger partial charge >= 0.3 is 18.2 Å². The van der Waals surface area contributed by atoms with Crippen LogP contribution in [0.1, 0.15) is 31.2 Å². The molecule has 3 N–H and O–H groups in total. The number of para-hydroxylation sites is 1. The molecule has 5 rings (SSSR count). The number of carbonyl (C=O) groups is 2. The molecule has 1 aliphatic carbocycles. The summed E-state index contributed by atoms with van der Waals surface area (Å²) in [5.74, 6) is 0.183. The topological polar surface area (TPSA) is 109 Å². The summed E-state index contributed by atoms with van der Waals surface area (Å²) >= 11 is 0. The number of carboxylic acid groups (broad SMARTS) is 1. The predicted molar refractivity (Wildman–Crippen MR) is 159 cm³/mol. The molecule has 3 aromatic rings. The SMILES string of the molecule is COc1ccc(C23CCC(NC(=O)Nc4cccc(Oc5ccccc5)c4)CC2N(C)CC3)cc1OC.O=C(O)C(F)(F)F. The number of alkyl halides is 3. The highest BCUT2D eigenvalue weighted by Crippen LogP contribution is 2.49. The van der Waals surface area contributed by atoms with E-state index in [0.29, 0.717) is 17.5 Å². The van der Waals surface area contributed by atoms with Crippen LogP contribution in [0.5, 0.6) is 23.0 Å². The Balaban J connectivity index is 0.000000566. The number of methoxy groups -OCH3 is 2. The molecule has 1 saturated heterocycles. The van der Waals surface area contributed by atoms with E-state index < -0.39 is 12.1 Å². The number of carbonyl (C=O) groups excluding carboxylic acids is 1. The van der Waals surface area contributed by atoms with Crippen molar-refractivity contribution in [1.82, 2.24) is 10.2 Å². The number of rotatable bonds is 7. The van der Waals surface area contributed by atoms with Gasteiger partial charge in [0.25, 0.3) is 0 Å². The zero-order valence-electron chi connectivity index (χ0n) is 24.7. The first kappa shape index (κ1) is 32.5. The van der Waals surface area contributed by atoms with Gasteiger partial charge in [-0.15, -0.1) is 0 Å². The van der Waals surface area contributed by atoms with Gasteiger partial charge in [-0.1, -0.05) is 30.3 Å². The van der Waals surface area contributed by atoms with Gasteiger partial charge in [0.1, 0.15) is 11.5 Å². The summed E-state index contributed by atoms with van der Waals surface area (Å²) in [6, 6.07) is 23.6. The third-order valence-electron chi connectivity index (χ3n) is 8.13. The molecule has 12 heteroatoms. The van der Waals surface area contributed by atoms with Crippen molar-refractivity contribution in [2.75, 3.05) is 33.1 Å². The first-order valence-corrected chi connectivity index (χ1v) is 14.1. The van der Waals surface area contributed by atoms with Gasteiger partial charge in [-0.05, 0) is 81.2 Å². The lowest BCUT2D eigenvalue weighted by Gasteiger charge is -2.45. The van der Waals surface area contributed by atoms with Gasteiger partial charge in [-0.25, -0.2) is 9.59 Å². The van der Waals surface area contributed by atoms with E-state index in [1.165, 1.54) is 5.56 Å². The Kier molecular flexibility index (Phi) is 10.3. The second kappa shape index (κ2) is 13.9. The van der Waals surface area contributed by atoms with E-state index in [2.05, 4.69) is 34.7 Å². The standard InChI is InChI=1S/C30H35N3O4.C2HF3O2/c1-33-17-16-30(21-12-13-26(35-2)27(18-21)36-3)15-14-23(20-28(30)33)32-29(34)31-22-8-7-11-25(19-22)37-24-9-5-4-6-10-24;3-2(4,5)1(6)7/h4-13,18-19,23,28H,14-17,20H2,1-3H3,(H2,31,32,34);(H,6,7). The number of halogens is 3. The number of benzene rings is 3. The summed E-state index contributed by atoms with van der Waals surface area (Å²) in [6.45, 7) is 1.03. The second-order valence-electron chi connectivity index (χ2n) is 10.8. The smallest absolute Gasteiger partial charge is 0.490 e. The van der Waals surface area contributed by atoms with E-state index in [9.17, 15) is 18.0 Å². The average molecular weight is 616 g/mol. The van der Waals surface area contributed by atoms with Crippen LogP contribution < -0.4 is 24.8 Å². The maximum Gasteiger partial charge on any atom is 0.490 e. The summed E-state index contributed by atoms with van der Waals surface area (Å²) < 4.78 is 48.7. The van der Waals surface area contributed by atoms with Gasteiger partial charge in [-0.3, -0.25) is 0 Å². The number of urea groups is 1. The molecule has 2 amide bonds. The van der Waals surface area contributed by atoms with Crippen LogP contribution >= 0.6 is 0 Å². The van der Waals surface area contributed by atoms with Gasteiger partial charge in [0, 0.05) is 29.3 Å². The van der Waals surface area contributed by atoms with Crippen LogP contribution in [0, 0.1) is 0 Å². The molecule has 0 bridgehead atoms. The lowest BCUT2D eigenvalue weighted by Crippen LogP contribution is -2.52. The largest absolute Gasteiger partial charge is 0.493 e. The highest BCUT2D eigenvalue weighted by molar-refractivity contribution is 5.89. The highest BCUT2D eigenvalue weighted by Gasteiger charge is 2.50. The van der Waals surface area contributed by atoms with E-state index in [0.717, 1.165) is 49.5 Å². The number of likely N-dealkylation sites (N-methyl/N-ethyl adjacent to an activating group) is 1. The number of nitrogens with one attached hydrogen (secondary N) is 2. The number of aliphatic carboxylic acids is 1. The normalized spacial score (nSPS) is 21.2. The van der Waals surface area contributed by atoms with Crippen molar-refractivity contribution in [3.8, 4) is 23.0 Å². The summed E-state index contributed by atoms with van der Waals surface area (Å²) in [7, 11) is 5.53. The van der Waals surface area contributed by atoms with Crippen molar-refractivity contribution in [2.24, 2.45) is 0 Å². The lowest BCUT2D eigenvalue weighted by molar-refractivity contribution is -0.192. The Morgan fingerprint density at radius 1 is 0.932 bits per heavy atom. The molecule has 236 valence electrons. The Bertz CT molecular complexity index is 1440. The Labute approximate surface area is 253 Å². The number of fused-ring (bicyclic) bond motifs is 1. The number of likely N-dealkylation sites (tertiary alicyclic amines) is 1. The second-order valence-corrected chi connectivity index (χ2v) is 10.8. The van der Waals surface area contributed by atoms with E-state index in [4.69, 9.17) is 24.1 Å². The minimum Gasteiger partial charge on any atom is -0.493 e. The van der Waals surface area contributed by atoms with Gasteiger partial charge < -0.3 is 34.9 Å². The molecular formula is C32H36F3N3O6. The van der Waals surface area contributed by atoms with Crippen LogP contribution in [0.4, 0.5) is 23.7 Å². The monoisotopic (exact) mass is 615 g/mol. The van der Waals surface area contributed by atoms with Gasteiger partial charge in [-0.2, -0.15) is 13.2 Å². The zero-order chi connectivity index (χ0) is 31.9. The molecule has 1 aliphatic heterocycles. The van der Waals surface area contributed by atoms with E-state index in [1.807, 2.05) is 60.7 Å². The Morgan fingerprint density at radius 3 is 2.27 bits per heavy atom. The number of amides is 2. The maximum absolute atomic E-state index is 12.9. The third-order valence-corrected chi connectivity index (χ3v) is 8.13. The predicted octanol–water partition coefficient (Wildman–Crippen LogP) is 6.45. The van der Waals surface area contributed by atoms with Crippen LogP contribution in [0.3, 0.4) is 0 Å². The quantitative estimate of drug-likeness (QED) is 0.281. The summed E-state index contributed by atoms with van der Waals surface area (Å²) in [5, 5.41) is 13.3. The van der Waals surface area contributed by atoms with Crippen LogP contribution in [-0.2, 0) is 10.2 Å². The average Bonchev–Trinajstić information content (AvgIpc) is 3.34. The third kappa shape index (κ3) is 7.73. The van der Waals surface area contributed by atoms with Crippen molar-refractivity contribution in [3.05, 3.63) is 78.4 Å². The zero-order valence-corrected chi connectivity index (χ0v) is 24.7. The Hall–Kier alpha value is -4.45. The number of anilines is 1. The number of ether oxygens (including phenoxy) is 3. The molecule has 3 atom stereocenters. The molecule has 1 heterocycles. The molecule has 9 nitrogen and oxygen atoms in total. The van der Waals surface area contributed by atoms with Crippen molar-refractivity contribution in [3.63, 3.8) is 0 Å². The fourth-order valence-corrected chi connectivity index (χ4v) is 6.01. The molecule has 3 unspecified atom stereocenters. The fourth-order valence-electron chi connectivity index (χ4n) is 6.01.